The van der Waals surface area contributed by atoms with Crippen LogP contribution in [0.4, 0.5) is 0 Å². The fraction of sp³-hybridized carbons (Fsp3) is 0.952. The molecule has 4 rings (SSSR count). The lowest BCUT2D eigenvalue weighted by Gasteiger charge is -2.42. The highest BCUT2D eigenvalue weighted by molar-refractivity contribution is 5.80. The first-order valence-electron chi connectivity index (χ1n) is 11.2. The molecule has 4 atom stereocenters. The molecule has 1 N–H and O–H groups in total. The molecule has 2 saturated carbocycles. The molecule has 4 fully saturated rings. The van der Waals surface area contributed by atoms with Crippen molar-refractivity contribution in [3.63, 3.8) is 0 Å². The first-order valence-corrected chi connectivity index (χ1v) is 11.2. The van der Waals surface area contributed by atoms with Gasteiger partial charge in [0, 0.05) is 65.4 Å². The van der Waals surface area contributed by atoms with Crippen molar-refractivity contribution in [2.45, 2.75) is 38.6 Å². The largest absolute Gasteiger partial charge is 0.379 e. The number of rotatable bonds is 5. The van der Waals surface area contributed by atoms with Gasteiger partial charge in [0.05, 0.1) is 13.2 Å². The molecule has 0 aromatic heterocycles. The third kappa shape index (κ3) is 4.77. The van der Waals surface area contributed by atoms with Gasteiger partial charge in [0.2, 0.25) is 0 Å². The van der Waals surface area contributed by atoms with Crippen LogP contribution < -0.4 is 5.32 Å². The van der Waals surface area contributed by atoms with Crippen LogP contribution in [0.1, 0.15) is 32.6 Å². The minimum atomic E-state index is 0.621. The monoisotopic (exact) mass is 377 g/mol. The van der Waals surface area contributed by atoms with Crippen LogP contribution in [0.2, 0.25) is 0 Å². The molecule has 2 aliphatic heterocycles. The lowest BCUT2D eigenvalue weighted by Crippen LogP contribution is -2.56. The predicted molar refractivity (Wildman–Crippen MR) is 110 cm³/mol. The summed E-state index contributed by atoms with van der Waals surface area (Å²) in [5.41, 5.74) is 0. The van der Waals surface area contributed by atoms with Crippen LogP contribution in [-0.2, 0) is 4.74 Å². The van der Waals surface area contributed by atoms with Crippen molar-refractivity contribution >= 4 is 5.96 Å². The van der Waals surface area contributed by atoms with Gasteiger partial charge in [0.1, 0.15) is 0 Å². The van der Waals surface area contributed by atoms with Gasteiger partial charge in [-0.3, -0.25) is 14.8 Å². The lowest BCUT2D eigenvalue weighted by molar-refractivity contribution is 0.0320. The predicted octanol–water partition coefficient (Wildman–Crippen LogP) is 1.34. The van der Waals surface area contributed by atoms with E-state index < -0.39 is 0 Å². The number of morpholine rings is 1. The average molecular weight is 378 g/mol. The molecule has 0 spiro atoms. The Hall–Kier alpha value is -0.850. The lowest BCUT2D eigenvalue weighted by atomic mass is 9.93. The van der Waals surface area contributed by atoms with Gasteiger partial charge < -0.3 is 15.0 Å². The Balaban J connectivity index is 1.18. The third-order valence-corrected chi connectivity index (χ3v) is 7.28. The molecule has 2 bridgehead atoms. The second-order valence-electron chi connectivity index (χ2n) is 9.21. The quantitative estimate of drug-likeness (QED) is 0.579. The summed E-state index contributed by atoms with van der Waals surface area (Å²) >= 11 is 0. The molecule has 0 radical (unpaired) electrons. The van der Waals surface area contributed by atoms with Gasteiger partial charge in [-0.1, -0.05) is 13.3 Å². The first kappa shape index (κ1) is 19.5. The Kier molecular flexibility index (Phi) is 6.56. The summed E-state index contributed by atoms with van der Waals surface area (Å²) in [6.07, 6.45) is 5.96. The summed E-state index contributed by atoms with van der Waals surface area (Å²) in [4.78, 5) is 12.3. The molecule has 6 heteroatoms. The number of nitrogens with one attached hydrogen (secondary N) is 1. The summed E-state index contributed by atoms with van der Waals surface area (Å²) in [7, 11) is 1.93. The first-order chi connectivity index (χ1) is 13.2. The summed E-state index contributed by atoms with van der Waals surface area (Å²) in [5.74, 6) is 3.76. The topological polar surface area (TPSA) is 43.3 Å². The molecule has 2 saturated heterocycles. The molecule has 2 aliphatic carbocycles. The molecule has 0 aromatic carbocycles. The molecule has 0 amide bonds. The van der Waals surface area contributed by atoms with E-state index in [0.29, 0.717) is 5.92 Å². The number of hydrogen-bond acceptors (Lipinski definition) is 4. The fourth-order valence-corrected chi connectivity index (χ4v) is 5.81. The zero-order chi connectivity index (χ0) is 18.6. The van der Waals surface area contributed by atoms with Gasteiger partial charge in [-0.25, -0.2) is 0 Å². The normalized spacial score (nSPS) is 34.2. The highest BCUT2D eigenvalue weighted by Gasteiger charge is 2.42. The molecule has 6 nitrogen and oxygen atoms in total. The van der Waals surface area contributed by atoms with Crippen molar-refractivity contribution in [3.05, 3.63) is 0 Å². The van der Waals surface area contributed by atoms with Crippen LogP contribution in [0, 0.1) is 17.8 Å². The molecular formula is C21H39N5O. The van der Waals surface area contributed by atoms with E-state index in [1.54, 1.807) is 0 Å². The van der Waals surface area contributed by atoms with Crippen LogP contribution in [0.15, 0.2) is 4.99 Å². The number of piperazine rings is 1. The van der Waals surface area contributed by atoms with Gasteiger partial charge >= 0.3 is 0 Å². The number of hydrogen-bond donors (Lipinski definition) is 1. The van der Waals surface area contributed by atoms with Crippen molar-refractivity contribution in [1.29, 1.82) is 0 Å². The number of aliphatic imine (C=N–C) groups is 1. The van der Waals surface area contributed by atoms with E-state index in [9.17, 15) is 0 Å². The van der Waals surface area contributed by atoms with Gasteiger partial charge in [-0.2, -0.15) is 0 Å². The van der Waals surface area contributed by atoms with Crippen LogP contribution in [0.3, 0.4) is 0 Å². The standard InChI is InChI=1S/C21H39N5O/c1-17(16-24-9-11-27-12-10-24)15-23-21(22-2)26-7-5-25(6-8-26)20-14-18-3-4-19(20)13-18/h17-20H,3-16H2,1-2H3,(H,22,23). The van der Waals surface area contributed by atoms with E-state index in [-0.39, 0.29) is 0 Å². The zero-order valence-corrected chi connectivity index (χ0v) is 17.4. The minimum Gasteiger partial charge on any atom is -0.379 e. The van der Waals surface area contributed by atoms with Crippen molar-refractivity contribution in [2.75, 3.05) is 72.6 Å². The van der Waals surface area contributed by atoms with E-state index in [0.717, 1.165) is 76.3 Å². The van der Waals surface area contributed by atoms with Crippen molar-refractivity contribution < 1.29 is 4.74 Å². The van der Waals surface area contributed by atoms with Gasteiger partial charge in [-0.05, 0) is 37.0 Å². The summed E-state index contributed by atoms with van der Waals surface area (Å²) < 4.78 is 5.45. The van der Waals surface area contributed by atoms with Gasteiger partial charge in [0.25, 0.3) is 0 Å². The highest BCUT2D eigenvalue weighted by atomic mass is 16.5. The number of nitrogens with zero attached hydrogens (tertiary/aromatic N) is 4. The SMILES string of the molecule is CN=C(NCC(C)CN1CCOCC1)N1CCN(C2CC3CCC2C3)CC1. The molecule has 4 aliphatic rings. The average Bonchev–Trinajstić information content (AvgIpc) is 3.33. The molecule has 154 valence electrons. The number of fused-ring (bicyclic) bond motifs is 2. The maximum atomic E-state index is 5.45. The van der Waals surface area contributed by atoms with E-state index >= 15 is 0 Å². The maximum absolute atomic E-state index is 5.45. The summed E-state index contributed by atoms with van der Waals surface area (Å²) in [6, 6.07) is 0.884. The van der Waals surface area contributed by atoms with E-state index in [4.69, 9.17) is 4.74 Å². The number of ether oxygens (including phenoxy) is 1. The molecule has 0 aromatic rings. The summed E-state index contributed by atoms with van der Waals surface area (Å²) in [5, 5.41) is 3.64. The second-order valence-corrected chi connectivity index (χ2v) is 9.21. The third-order valence-electron chi connectivity index (χ3n) is 7.28. The van der Waals surface area contributed by atoms with Crippen molar-refractivity contribution in [3.8, 4) is 0 Å². The maximum Gasteiger partial charge on any atom is 0.193 e. The fourth-order valence-electron chi connectivity index (χ4n) is 5.81. The van der Waals surface area contributed by atoms with Crippen LogP contribution >= 0.6 is 0 Å². The molecule has 2 heterocycles. The van der Waals surface area contributed by atoms with Crippen molar-refractivity contribution in [1.82, 2.24) is 20.0 Å². The molecular weight excluding hydrogens is 338 g/mol. The van der Waals surface area contributed by atoms with E-state index in [1.165, 1.54) is 38.8 Å². The Morgan fingerprint density at radius 1 is 1.07 bits per heavy atom. The highest BCUT2D eigenvalue weighted by Crippen LogP contribution is 2.46. The summed E-state index contributed by atoms with van der Waals surface area (Å²) in [6.45, 7) is 13.0. The van der Waals surface area contributed by atoms with Crippen LogP contribution in [0.25, 0.3) is 0 Å². The van der Waals surface area contributed by atoms with Crippen molar-refractivity contribution in [2.24, 2.45) is 22.7 Å². The van der Waals surface area contributed by atoms with E-state index in [2.05, 4.69) is 31.9 Å². The Morgan fingerprint density at radius 2 is 1.85 bits per heavy atom. The van der Waals surface area contributed by atoms with E-state index in [1.807, 2.05) is 7.05 Å². The second kappa shape index (κ2) is 9.10. The Labute approximate surface area is 165 Å². The Morgan fingerprint density at radius 3 is 2.48 bits per heavy atom. The molecule has 4 unspecified atom stereocenters. The number of guanidine groups is 1. The van der Waals surface area contributed by atoms with Crippen LogP contribution in [-0.4, -0.2) is 99.3 Å². The Bertz CT molecular complexity index is 499. The van der Waals surface area contributed by atoms with Crippen LogP contribution in [0.5, 0.6) is 0 Å². The molecule has 27 heavy (non-hydrogen) atoms. The minimum absolute atomic E-state index is 0.621. The van der Waals surface area contributed by atoms with Gasteiger partial charge in [-0.15, -0.1) is 0 Å². The zero-order valence-electron chi connectivity index (χ0n) is 17.4. The van der Waals surface area contributed by atoms with Gasteiger partial charge in [0.15, 0.2) is 5.96 Å². The smallest absolute Gasteiger partial charge is 0.193 e.